The molecule has 3 aliphatic rings. The Morgan fingerprint density at radius 2 is 2.17 bits per heavy atom. The SMILES string of the molecule is CC(C)OC(=O)C1[C@H]2C=CC3(CN(c4ccccc4Br)C(=O)[C@@H]13)O2. The minimum absolute atomic E-state index is 0.0838. The smallest absolute Gasteiger partial charge is 0.313 e. The van der Waals surface area contributed by atoms with Crippen molar-refractivity contribution in [1.29, 1.82) is 0 Å². The van der Waals surface area contributed by atoms with Crippen LogP contribution in [0.3, 0.4) is 0 Å². The van der Waals surface area contributed by atoms with Crippen LogP contribution in [0.15, 0.2) is 40.9 Å². The van der Waals surface area contributed by atoms with Gasteiger partial charge in [-0.25, -0.2) is 0 Å². The molecule has 1 aromatic rings. The Morgan fingerprint density at radius 3 is 2.88 bits per heavy atom. The quantitative estimate of drug-likeness (QED) is 0.587. The lowest BCUT2D eigenvalue weighted by atomic mass is 9.77. The van der Waals surface area contributed by atoms with E-state index in [1.54, 1.807) is 18.7 Å². The number of fused-ring (bicyclic) bond motifs is 1. The first-order valence-corrected chi connectivity index (χ1v) is 8.86. The Morgan fingerprint density at radius 1 is 1.42 bits per heavy atom. The van der Waals surface area contributed by atoms with Crippen molar-refractivity contribution >= 4 is 33.5 Å². The predicted octanol–water partition coefficient (Wildman–Crippen LogP) is 2.69. The van der Waals surface area contributed by atoms with Crippen molar-refractivity contribution in [3.8, 4) is 0 Å². The molecule has 0 saturated carbocycles. The van der Waals surface area contributed by atoms with Crippen molar-refractivity contribution in [1.82, 2.24) is 0 Å². The lowest BCUT2D eigenvalue weighted by molar-refractivity contribution is -0.156. The number of hydrogen-bond donors (Lipinski definition) is 0. The number of rotatable bonds is 3. The Bertz CT molecular complexity index is 746. The zero-order valence-electron chi connectivity index (χ0n) is 13.4. The molecule has 0 N–H and O–H groups in total. The van der Waals surface area contributed by atoms with Crippen molar-refractivity contribution in [2.45, 2.75) is 31.7 Å². The fraction of sp³-hybridized carbons (Fsp3) is 0.444. The molecule has 1 spiro atoms. The monoisotopic (exact) mass is 391 g/mol. The maximum Gasteiger partial charge on any atom is 0.313 e. The molecule has 24 heavy (non-hydrogen) atoms. The number of nitrogens with zero attached hydrogens (tertiary/aromatic N) is 1. The van der Waals surface area contributed by atoms with E-state index in [-0.39, 0.29) is 24.1 Å². The molecule has 2 fully saturated rings. The van der Waals surface area contributed by atoms with Crippen molar-refractivity contribution < 1.29 is 19.1 Å². The largest absolute Gasteiger partial charge is 0.463 e. The van der Waals surface area contributed by atoms with E-state index in [0.29, 0.717) is 6.54 Å². The van der Waals surface area contributed by atoms with Crippen LogP contribution >= 0.6 is 15.9 Å². The Balaban J connectivity index is 1.69. The first-order valence-electron chi connectivity index (χ1n) is 8.06. The summed E-state index contributed by atoms with van der Waals surface area (Å²) in [4.78, 5) is 27.3. The highest BCUT2D eigenvalue weighted by Crippen LogP contribution is 2.53. The number of amides is 1. The number of carbonyl (C=O) groups excluding carboxylic acids is 2. The highest BCUT2D eigenvalue weighted by atomic mass is 79.9. The normalized spacial score (nSPS) is 33.4. The van der Waals surface area contributed by atoms with Crippen LogP contribution in [0.25, 0.3) is 0 Å². The molecule has 0 radical (unpaired) electrons. The maximum atomic E-state index is 13.1. The van der Waals surface area contributed by atoms with E-state index in [1.165, 1.54) is 0 Å². The van der Waals surface area contributed by atoms with Crippen molar-refractivity contribution in [3.63, 3.8) is 0 Å². The fourth-order valence-corrected chi connectivity index (χ4v) is 4.45. The number of esters is 1. The molecule has 126 valence electrons. The number of carbonyl (C=O) groups is 2. The molecular formula is C18H18BrNO4. The van der Waals surface area contributed by atoms with Gasteiger partial charge in [-0.3, -0.25) is 9.59 Å². The molecule has 0 aliphatic carbocycles. The van der Waals surface area contributed by atoms with Gasteiger partial charge in [0.1, 0.15) is 11.5 Å². The van der Waals surface area contributed by atoms with E-state index in [1.807, 2.05) is 36.4 Å². The third-order valence-corrected chi connectivity index (χ3v) is 5.54. The van der Waals surface area contributed by atoms with Crippen molar-refractivity contribution in [3.05, 3.63) is 40.9 Å². The summed E-state index contributed by atoms with van der Waals surface area (Å²) in [5, 5.41) is 0. The molecule has 6 heteroatoms. The second-order valence-electron chi connectivity index (χ2n) is 6.76. The molecular weight excluding hydrogens is 374 g/mol. The Labute approximate surface area is 148 Å². The molecule has 2 unspecified atom stereocenters. The minimum atomic E-state index is -0.725. The topological polar surface area (TPSA) is 55.8 Å². The standard InChI is InChI=1S/C18H18BrNO4/c1-10(2)23-17(22)14-13-7-8-18(24-13)9-20(16(21)15(14)18)12-6-4-3-5-11(12)19/h3-8,10,13-15H,9H2,1-2H3/t13-,14?,15-,18?/m1/s1. The molecule has 2 bridgehead atoms. The van der Waals surface area contributed by atoms with Gasteiger partial charge in [0.2, 0.25) is 5.91 Å². The number of anilines is 1. The van der Waals surface area contributed by atoms with E-state index in [9.17, 15) is 9.59 Å². The van der Waals surface area contributed by atoms with E-state index >= 15 is 0 Å². The Kier molecular flexibility index (Phi) is 3.58. The third kappa shape index (κ3) is 2.16. The Hall–Kier alpha value is -1.66. The average Bonchev–Trinajstić information content (AvgIpc) is 3.15. The van der Waals surface area contributed by atoms with Crippen LogP contribution in [-0.4, -0.2) is 36.2 Å². The van der Waals surface area contributed by atoms with E-state index in [2.05, 4.69) is 15.9 Å². The van der Waals surface area contributed by atoms with Gasteiger partial charge in [0.05, 0.1) is 30.4 Å². The number of para-hydroxylation sites is 1. The average molecular weight is 392 g/mol. The van der Waals surface area contributed by atoms with E-state index < -0.39 is 17.4 Å². The summed E-state index contributed by atoms with van der Waals surface area (Å²) in [6, 6.07) is 7.57. The highest BCUT2D eigenvalue weighted by Gasteiger charge is 2.67. The van der Waals surface area contributed by atoms with Gasteiger partial charge in [0, 0.05) is 4.47 Å². The summed E-state index contributed by atoms with van der Waals surface area (Å²) in [5.41, 5.74) is 0.0697. The van der Waals surface area contributed by atoms with Gasteiger partial charge in [0.25, 0.3) is 0 Å². The van der Waals surface area contributed by atoms with E-state index in [0.717, 1.165) is 10.2 Å². The molecule has 1 aromatic carbocycles. The number of halogens is 1. The molecule has 1 amide bonds. The molecule has 5 nitrogen and oxygen atoms in total. The van der Waals surface area contributed by atoms with Crippen molar-refractivity contribution in [2.24, 2.45) is 11.8 Å². The van der Waals surface area contributed by atoms with Gasteiger partial charge in [-0.05, 0) is 41.9 Å². The number of hydrogen-bond acceptors (Lipinski definition) is 4. The van der Waals surface area contributed by atoms with Crippen LogP contribution in [-0.2, 0) is 19.1 Å². The molecule has 2 saturated heterocycles. The minimum Gasteiger partial charge on any atom is -0.463 e. The third-order valence-electron chi connectivity index (χ3n) is 4.87. The van der Waals surface area contributed by atoms with Gasteiger partial charge in [0.15, 0.2) is 0 Å². The number of ether oxygens (including phenoxy) is 2. The van der Waals surface area contributed by atoms with Gasteiger partial charge < -0.3 is 14.4 Å². The zero-order chi connectivity index (χ0) is 17.1. The lowest BCUT2D eigenvalue weighted by Gasteiger charge is -2.23. The summed E-state index contributed by atoms with van der Waals surface area (Å²) in [6.07, 6.45) is 3.24. The van der Waals surface area contributed by atoms with Gasteiger partial charge in [-0.1, -0.05) is 24.3 Å². The molecule has 0 aromatic heterocycles. The zero-order valence-corrected chi connectivity index (χ0v) is 15.0. The van der Waals surface area contributed by atoms with E-state index in [4.69, 9.17) is 9.47 Å². The van der Waals surface area contributed by atoms with Gasteiger partial charge in [-0.15, -0.1) is 0 Å². The van der Waals surface area contributed by atoms with Crippen LogP contribution in [0.2, 0.25) is 0 Å². The predicted molar refractivity (Wildman–Crippen MR) is 91.4 cm³/mol. The second-order valence-corrected chi connectivity index (χ2v) is 7.62. The molecule has 4 atom stereocenters. The van der Waals surface area contributed by atoms with Crippen LogP contribution in [0.5, 0.6) is 0 Å². The van der Waals surface area contributed by atoms with Crippen LogP contribution in [0.4, 0.5) is 5.69 Å². The first kappa shape index (κ1) is 15.8. The summed E-state index contributed by atoms with van der Waals surface area (Å²) < 4.78 is 12.3. The van der Waals surface area contributed by atoms with Crippen molar-refractivity contribution in [2.75, 3.05) is 11.4 Å². The molecule has 3 aliphatic heterocycles. The lowest BCUT2D eigenvalue weighted by Crippen LogP contribution is -2.40. The second kappa shape index (κ2) is 5.43. The maximum absolute atomic E-state index is 13.1. The highest BCUT2D eigenvalue weighted by molar-refractivity contribution is 9.10. The first-order chi connectivity index (χ1) is 11.4. The summed E-state index contributed by atoms with van der Waals surface area (Å²) in [6.45, 7) is 4.03. The fourth-order valence-electron chi connectivity index (χ4n) is 3.95. The summed E-state index contributed by atoms with van der Waals surface area (Å²) >= 11 is 3.50. The van der Waals surface area contributed by atoms with Gasteiger partial charge in [-0.2, -0.15) is 0 Å². The summed E-state index contributed by atoms with van der Waals surface area (Å²) in [5.74, 6) is -1.53. The molecule has 3 heterocycles. The van der Waals surface area contributed by atoms with Crippen LogP contribution in [0, 0.1) is 11.8 Å². The van der Waals surface area contributed by atoms with Crippen LogP contribution < -0.4 is 4.90 Å². The number of benzene rings is 1. The summed E-state index contributed by atoms with van der Waals surface area (Å²) in [7, 11) is 0. The van der Waals surface area contributed by atoms with Gasteiger partial charge >= 0.3 is 5.97 Å². The molecule has 4 rings (SSSR count). The van der Waals surface area contributed by atoms with Crippen LogP contribution in [0.1, 0.15) is 13.8 Å².